The van der Waals surface area contributed by atoms with Gasteiger partial charge < -0.3 is 10.3 Å². The summed E-state index contributed by atoms with van der Waals surface area (Å²) < 4.78 is 5.32. The largest absolute Gasteiger partial charge is 0.399 e. The molecule has 19 heavy (non-hydrogen) atoms. The molecule has 102 valence electrons. The summed E-state index contributed by atoms with van der Waals surface area (Å²) >= 11 is 0. The average Bonchev–Trinajstić information content (AvgIpc) is 2.77. The van der Waals surface area contributed by atoms with Gasteiger partial charge in [0.05, 0.1) is 0 Å². The minimum atomic E-state index is 0.232. The van der Waals surface area contributed by atoms with Crippen molar-refractivity contribution in [3.8, 4) is 11.4 Å². The predicted molar refractivity (Wildman–Crippen MR) is 76.5 cm³/mol. The molecule has 4 heteroatoms. The number of nitrogens with zero attached hydrogens (tertiary/aromatic N) is 2. The Kier molecular flexibility index (Phi) is 3.60. The van der Waals surface area contributed by atoms with Crippen molar-refractivity contribution >= 4 is 5.69 Å². The van der Waals surface area contributed by atoms with Crippen molar-refractivity contribution < 1.29 is 4.52 Å². The molecule has 1 aromatic heterocycles. The normalized spacial score (nSPS) is 13.5. The van der Waals surface area contributed by atoms with Crippen molar-refractivity contribution in [3.63, 3.8) is 0 Å². The first-order chi connectivity index (χ1) is 8.86. The lowest BCUT2D eigenvalue weighted by molar-refractivity contribution is 0.236. The van der Waals surface area contributed by atoms with Crippen LogP contribution in [0.2, 0.25) is 0 Å². The van der Waals surface area contributed by atoms with E-state index in [4.69, 9.17) is 10.3 Å². The number of hydrogen-bond acceptors (Lipinski definition) is 4. The van der Waals surface area contributed by atoms with Gasteiger partial charge in [-0.2, -0.15) is 4.98 Å². The molecule has 0 aliphatic carbocycles. The van der Waals surface area contributed by atoms with Gasteiger partial charge in [0.15, 0.2) is 0 Å². The maximum absolute atomic E-state index is 5.66. The topological polar surface area (TPSA) is 64.9 Å². The number of nitrogens with two attached hydrogens (primary N) is 1. The van der Waals surface area contributed by atoms with E-state index in [-0.39, 0.29) is 5.41 Å². The first-order valence-corrected chi connectivity index (χ1v) is 6.55. The molecule has 0 aliphatic rings. The van der Waals surface area contributed by atoms with Crippen LogP contribution in [0.15, 0.2) is 28.8 Å². The Labute approximate surface area is 114 Å². The zero-order valence-corrected chi connectivity index (χ0v) is 12.0. The van der Waals surface area contributed by atoms with Crippen LogP contribution in [0.1, 0.15) is 33.6 Å². The third-order valence-corrected chi connectivity index (χ3v) is 3.60. The lowest BCUT2D eigenvalue weighted by atomic mass is 9.80. The summed E-state index contributed by atoms with van der Waals surface area (Å²) in [6.07, 6.45) is 0.797. The monoisotopic (exact) mass is 259 g/mol. The molecule has 4 nitrogen and oxygen atoms in total. The second-order valence-corrected chi connectivity index (χ2v) is 6.10. The number of nitrogen functional groups attached to an aromatic ring is 1. The van der Waals surface area contributed by atoms with Crippen molar-refractivity contribution in [3.05, 3.63) is 30.2 Å². The van der Waals surface area contributed by atoms with Gasteiger partial charge in [0.1, 0.15) is 0 Å². The molecule has 1 atom stereocenters. The minimum absolute atomic E-state index is 0.232. The summed E-state index contributed by atoms with van der Waals surface area (Å²) in [6.45, 7) is 8.85. The molecule has 2 N–H and O–H groups in total. The Morgan fingerprint density at radius 1 is 1.21 bits per heavy atom. The van der Waals surface area contributed by atoms with Crippen LogP contribution in [-0.4, -0.2) is 10.1 Å². The van der Waals surface area contributed by atoms with Gasteiger partial charge >= 0.3 is 0 Å². The summed E-state index contributed by atoms with van der Waals surface area (Å²) in [5, 5.41) is 4.02. The van der Waals surface area contributed by atoms with Crippen LogP contribution in [0, 0.1) is 11.3 Å². The summed E-state index contributed by atoms with van der Waals surface area (Å²) in [7, 11) is 0. The van der Waals surface area contributed by atoms with E-state index >= 15 is 0 Å². The van der Waals surface area contributed by atoms with E-state index < -0.39 is 0 Å². The second-order valence-electron chi connectivity index (χ2n) is 6.10. The van der Waals surface area contributed by atoms with Gasteiger partial charge in [-0.25, -0.2) is 0 Å². The number of rotatable bonds is 3. The number of aromatic nitrogens is 2. The van der Waals surface area contributed by atoms with E-state index in [1.807, 2.05) is 24.3 Å². The average molecular weight is 259 g/mol. The van der Waals surface area contributed by atoms with Crippen LogP contribution in [0.25, 0.3) is 11.4 Å². The quantitative estimate of drug-likeness (QED) is 0.856. The van der Waals surface area contributed by atoms with Gasteiger partial charge in [0.25, 0.3) is 0 Å². The van der Waals surface area contributed by atoms with Crippen LogP contribution >= 0.6 is 0 Å². The molecule has 0 fully saturated rings. The number of hydrogen-bond donors (Lipinski definition) is 1. The van der Waals surface area contributed by atoms with Gasteiger partial charge in [-0.3, -0.25) is 0 Å². The standard InChI is InChI=1S/C15H21N3O/c1-10(15(2,3)4)9-13-17-14(18-19-13)11-5-7-12(16)8-6-11/h5-8,10H,9,16H2,1-4H3. The molecule has 2 aromatic rings. The molecule has 0 amide bonds. The molecule has 0 saturated heterocycles. The van der Waals surface area contributed by atoms with Gasteiger partial charge in [0, 0.05) is 17.7 Å². The molecule has 0 aliphatic heterocycles. The molecule has 1 heterocycles. The minimum Gasteiger partial charge on any atom is -0.399 e. The molecule has 2 rings (SSSR count). The molecule has 1 unspecified atom stereocenters. The van der Waals surface area contributed by atoms with Crippen LogP contribution < -0.4 is 5.73 Å². The molecular formula is C15H21N3O. The molecular weight excluding hydrogens is 238 g/mol. The van der Waals surface area contributed by atoms with Gasteiger partial charge in [-0.15, -0.1) is 0 Å². The highest BCUT2D eigenvalue weighted by molar-refractivity contribution is 5.57. The summed E-state index contributed by atoms with van der Waals surface area (Å²) in [5.74, 6) is 1.79. The van der Waals surface area contributed by atoms with Crippen molar-refractivity contribution in [1.29, 1.82) is 0 Å². The molecule has 0 bridgehead atoms. The van der Waals surface area contributed by atoms with E-state index in [2.05, 4.69) is 37.8 Å². The maximum atomic E-state index is 5.66. The maximum Gasteiger partial charge on any atom is 0.227 e. The highest BCUT2D eigenvalue weighted by Crippen LogP contribution is 2.28. The number of anilines is 1. The van der Waals surface area contributed by atoms with Crippen LogP contribution in [0.4, 0.5) is 5.69 Å². The van der Waals surface area contributed by atoms with Gasteiger partial charge in [-0.05, 0) is 35.6 Å². The number of benzene rings is 1. The Morgan fingerprint density at radius 2 is 1.84 bits per heavy atom. The van der Waals surface area contributed by atoms with Crippen LogP contribution in [0.5, 0.6) is 0 Å². The zero-order valence-electron chi connectivity index (χ0n) is 12.0. The summed E-state index contributed by atoms with van der Waals surface area (Å²) in [5.41, 5.74) is 7.55. The Hall–Kier alpha value is -1.84. The van der Waals surface area contributed by atoms with Crippen molar-refractivity contribution in [1.82, 2.24) is 10.1 Å². The van der Waals surface area contributed by atoms with E-state index in [1.165, 1.54) is 0 Å². The van der Waals surface area contributed by atoms with Crippen molar-refractivity contribution in [2.24, 2.45) is 11.3 Å². The first-order valence-electron chi connectivity index (χ1n) is 6.55. The van der Waals surface area contributed by atoms with Crippen LogP contribution in [0.3, 0.4) is 0 Å². The predicted octanol–water partition coefficient (Wildman–Crippen LogP) is 3.54. The smallest absolute Gasteiger partial charge is 0.227 e. The Bertz CT molecular complexity index is 537. The zero-order chi connectivity index (χ0) is 14.0. The van der Waals surface area contributed by atoms with Crippen molar-refractivity contribution in [2.45, 2.75) is 34.1 Å². The lowest BCUT2D eigenvalue weighted by Crippen LogP contribution is -2.19. The van der Waals surface area contributed by atoms with Gasteiger partial charge in [-0.1, -0.05) is 32.9 Å². The van der Waals surface area contributed by atoms with E-state index in [0.717, 1.165) is 17.7 Å². The molecule has 0 spiro atoms. The summed E-state index contributed by atoms with van der Waals surface area (Å²) in [4.78, 5) is 4.45. The Morgan fingerprint density at radius 3 is 2.42 bits per heavy atom. The van der Waals surface area contributed by atoms with Crippen molar-refractivity contribution in [2.75, 3.05) is 5.73 Å². The third-order valence-electron chi connectivity index (χ3n) is 3.60. The fraction of sp³-hybridized carbons (Fsp3) is 0.467. The Balaban J connectivity index is 2.13. The van der Waals surface area contributed by atoms with E-state index in [9.17, 15) is 0 Å². The fourth-order valence-electron chi connectivity index (χ4n) is 1.66. The lowest BCUT2D eigenvalue weighted by Gasteiger charge is -2.25. The highest BCUT2D eigenvalue weighted by Gasteiger charge is 2.22. The first kappa shape index (κ1) is 13.6. The fourth-order valence-corrected chi connectivity index (χ4v) is 1.66. The molecule has 0 saturated carbocycles. The van der Waals surface area contributed by atoms with E-state index in [1.54, 1.807) is 0 Å². The SMILES string of the molecule is CC(Cc1nc(-c2ccc(N)cc2)no1)C(C)(C)C. The van der Waals surface area contributed by atoms with E-state index in [0.29, 0.717) is 17.6 Å². The second kappa shape index (κ2) is 5.03. The molecule has 0 radical (unpaired) electrons. The highest BCUT2D eigenvalue weighted by atomic mass is 16.5. The summed E-state index contributed by atoms with van der Waals surface area (Å²) in [6, 6.07) is 7.47. The van der Waals surface area contributed by atoms with Gasteiger partial charge in [0.2, 0.25) is 11.7 Å². The molecule has 1 aromatic carbocycles. The third kappa shape index (κ3) is 3.34. The van der Waals surface area contributed by atoms with Crippen LogP contribution in [-0.2, 0) is 6.42 Å².